The number of likely N-dealkylation sites (tertiary alicyclic amines) is 2. The third kappa shape index (κ3) is 6.59. The number of anilines is 1. The number of benzene rings is 1. The summed E-state index contributed by atoms with van der Waals surface area (Å²) in [5.41, 5.74) is 6.48. The van der Waals surface area contributed by atoms with E-state index in [9.17, 15) is 14.4 Å². The lowest BCUT2D eigenvalue weighted by Gasteiger charge is -2.38. The van der Waals surface area contributed by atoms with Gasteiger partial charge in [0, 0.05) is 58.6 Å². The third-order valence-electron chi connectivity index (χ3n) is 6.36. The Morgan fingerprint density at radius 3 is 2.61 bits per heavy atom. The second-order valence-electron chi connectivity index (χ2n) is 8.54. The van der Waals surface area contributed by atoms with Gasteiger partial charge in [-0.2, -0.15) is 0 Å². The summed E-state index contributed by atoms with van der Waals surface area (Å²) in [6.07, 6.45) is 2.70. The van der Waals surface area contributed by atoms with E-state index < -0.39 is 0 Å². The molecule has 0 aliphatic carbocycles. The van der Waals surface area contributed by atoms with Crippen LogP contribution >= 0.6 is 11.6 Å². The zero-order valence-electron chi connectivity index (χ0n) is 19.3. The summed E-state index contributed by atoms with van der Waals surface area (Å²) < 4.78 is 10.9. The van der Waals surface area contributed by atoms with E-state index in [-0.39, 0.29) is 29.7 Å². The number of nitrogen functional groups attached to an aromatic ring is 1. The fourth-order valence-electron chi connectivity index (χ4n) is 4.37. The van der Waals surface area contributed by atoms with Crippen molar-refractivity contribution in [3.05, 3.63) is 22.7 Å². The highest BCUT2D eigenvalue weighted by Crippen LogP contribution is 2.29. The smallest absolute Gasteiger partial charge is 0.255 e. The molecule has 182 valence electrons. The molecule has 2 aliphatic heterocycles. The predicted octanol–water partition coefficient (Wildman–Crippen LogP) is 1.72. The monoisotopic (exact) mass is 480 g/mol. The maximum atomic E-state index is 12.9. The molecule has 2 fully saturated rings. The van der Waals surface area contributed by atoms with Gasteiger partial charge in [-0.3, -0.25) is 14.4 Å². The normalized spacial score (nSPS) is 21.7. The molecule has 2 saturated heterocycles. The van der Waals surface area contributed by atoms with Crippen LogP contribution in [0.15, 0.2) is 12.1 Å². The summed E-state index contributed by atoms with van der Waals surface area (Å²) in [6, 6.07) is 2.89. The Hall–Kier alpha value is -2.36. The van der Waals surface area contributed by atoms with Gasteiger partial charge >= 0.3 is 0 Å². The minimum atomic E-state index is -0.292. The zero-order chi connectivity index (χ0) is 24.0. The van der Waals surface area contributed by atoms with Gasteiger partial charge < -0.3 is 30.3 Å². The van der Waals surface area contributed by atoms with E-state index in [1.165, 1.54) is 19.2 Å². The lowest BCUT2D eigenvalue weighted by atomic mass is 10.00. The first-order valence-corrected chi connectivity index (χ1v) is 11.7. The van der Waals surface area contributed by atoms with Crippen LogP contribution < -0.4 is 15.8 Å². The van der Waals surface area contributed by atoms with Crippen LogP contribution in [0.2, 0.25) is 5.02 Å². The van der Waals surface area contributed by atoms with Gasteiger partial charge in [-0.05, 0) is 25.5 Å². The van der Waals surface area contributed by atoms with Gasteiger partial charge in [0.15, 0.2) is 0 Å². The van der Waals surface area contributed by atoms with E-state index in [1.54, 1.807) is 12.0 Å². The molecule has 33 heavy (non-hydrogen) atoms. The van der Waals surface area contributed by atoms with Crippen molar-refractivity contribution < 1.29 is 23.9 Å². The number of nitrogens with two attached hydrogens (primary N) is 1. The molecule has 3 N–H and O–H groups in total. The number of ketones is 1. The Labute approximate surface area is 199 Å². The quantitative estimate of drug-likeness (QED) is 0.544. The van der Waals surface area contributed by atoms with Crippen molar-refractivity contribution in [1.82, 2.24) is 15.1 Å². The van der Waals surface area contributed by atoms with Crippen molar-refractivity contribution in [2.75, 3.05) is 52.7 Å². The molecule has 1 aromatic carbocycles. The van der Waals surface area contributed by atoms with E-state index in [4.69, 9.17) is 26.8 Å². The van der Waals surface area contributed by atoms with Crippen molar-refractivity contribution in [2.24, 2.45) is 0 Å². The summed E-state index contributed by atoms with van der Waals surface area (Å²) in [5, 5.41) is 3.34. The van der Waals surface area contributed by atoms with Crippen LogP contribution in [0.25, 0.3) is 0 Å². The fourth-order valence-corrected chi connectivity index (χ4v) is 4.53. The number of nitrogens with one attached hydrogen (secondary N) is 1. The SMILES string of the molecule is COc1cc(N)c(Cl)cc1C(=O)N[C@H]1CCN(CCCC(=O)N2CCC(=O)CC2)C[C@H]1OC. The van der Waals surface area contributed by atoms with Gasteiger partial charge in [0.1, 0.15) is 11.5 Å². The lowest BCUT2D eigenvalue weighted by molar-refractivity contribution is -0.134. The van der Waals surface area contributed by atoms with E-state index in [0.29, 0.717) is 60.9 Å². The minimum Gasteiger partial charge on any atom is -0.496 e. The molecule has 9 nitrogen and oxygen atoms in total. The number of ether oxygens (including phenoxy) is 2. The maximum absolute atomic E-state index is 12.9. The Bertz CT molecular complexity index is 871. The number of halogens is 1. The first-order chi connectivity index (χ1) is 15.8. The molecular weight excluding hydrogens is 448 g/mol. The first kappa shape index (κ1) is 25.3. The molecule has 0 saturated carbocycles. The molecular formula is C23H33ClN4O5. The number of carbonyl (C=O) groups is 3. The molecule has 1 aromatic rings. The van der Waals surface area contributed by atoms with Crippen molar-refractivity contribution in [3.63, 3.8) is 0 Å². The average molecular weight is 481 g/mol. The molecule has 3 rings (SSSR count). The first-order valence-electron chi connectivity index (χ1n) is 11.3. The van der Waals surface area contributed by atoms with Gasteiger partial charge in [0.05, 0.1) is 35.5 Å². The molecule has 2 heterocycles. The Morgan fingerprint density at radius 2 is 1.94 bits per heavy atom. The largest absolute Gasteiger partial charge is 0.496 e. The summed E-state index contributed by atoms with van der Waals surface area (Å²) in [4.78, 5) is 40.7. The van der Waals surface area contributed by atoms with E-state index in [2.05, 4.69) is 10.2 Å². The van der Waals surface area contributed by atoms with Crippen molar-refractivity contribution >= 4 is 34.9 Å². The van der Waals surface area contributed by atoms with Crippen LogP contribution in [0.3, 0.4) is 0 Å². The highest BCUT2D eigenvalue weighted by atomic mass is 35.5. The molecule has 2 amide bonds. The standard InChI is InChI=1S/C23H33ClN4O5/c1-32-20-13-18(25)17(24)12-16(20)23(31)26-19-7-9-27(14-21(19)33-2)8-3-4-22(30)28-10-5-15(29)6-11-28/h12-13,19,21H,3-11,14,25H2,1-2H3,(H,26,31)/t19-,21+/m0/s1. The van der Waals surface area contributed by atoms with Crippen LogP contribution in [0.1, 0.15) is 42.5 Å². The number of nitrogens with zero attached hydrogens (tertiary/aromatic N) is 2. The number of carbonyl (C=O) groups excluding carboxylic acids is 3. The molecule has 0 bridgehead atoms. The molecule has 0 radical (unpaired) electrons. The van der Waals surface area contributed by atoms with Gasteiger partial charge in [0.25, 0.3) is 5.91 Å². The van der Waals surface area contributed by atoms with Crippen LogP contribution in [0, 0.1) is 0 Å². The lowest BCUT2D eigenvalue weighted by Crippen LogP contribution is -2.55. The van der Waals surface area contributed by atoms with E-state index in [1.807, 2.05) is 0 Å². The highest BCUT2D eigenvalue weighted by Gasteiger charge is 2.31. The number of hydrogen-bond donors (Lipinski definition) is 2. The van der Waals surface area contributed by atoms with Gasteiger partial charge in [-0.15, -0.1) is 0 Å². The molecule has 0 unspecified atom stereocenters. The topological polar surface area (TPSA) is 114 Å². The van der Waals surface area contributed by atoms with Gasteiger partial charge in [-0.25, -0.2) is 0 Å². The molecule has 2 aliphatic rings. The van der Waals surface area contributed by atoms with Crippen LogP contribution in [-0.2, 0) is 14.3 Å². The number of methoxy groups -OCH3 is 2. The minimum absolute atomic E-state index is 0.115. The van der Waals surface area contributed by atoms with Crippen molar-refractivity contribution in [2.45, 2.75) is 44.2 Å². The number of piperidine rings is 2. The molecule has 2 atom stereocenters. The summed E-state index contributed by atoms with van der Waals surface area (Å²) >= 11 is 6.10. The second kappa shape index (κ2) is 11.7. The Kier molecular flexibility index (Phi) is 8.94. The van der Waals surface area contributed by atoms with E-state index in [0.717, 1.165) is 25.9 Å². The number of rotatable bonds is 8. The Balaban J connectivity index is 1.48. The summed E-state index contributed by atoms with van der Waals surface area (Å²) in [7, 11) is 3.11. The second-order valence-corrected chi connectivity index (χ2v) is 8.95. The zero-order valence-corrected chi connectivity index (χ0v) is 20.0. The van der Waals surface area contributed by atoms with Gasteiger partial charge in [-0.1, -0.05) is 11.6 Å². The number of hydrogen-bond acceptors (Lipinski definition) is 7. The highest BCUT2D eigenvalue weighted by molar-refractivity contribution is 6.33. The van der Waals surface area contributed by atoms with Crippen LogP contribution in [0.5, 0.6) is 5.75 Å². The number of amides is 2. The average Bonchev–Trinajstić information content (AvgIpc) is 2.81. The molecule has 0 aromatic heterocycles. The fraction of sp³-hybridized carbons (Fsp3) is 0.609. The third-order valence-corrected chi connectivity index (χ3v) is 6.69. The number of Topliss-reactive ketones (excluding diaryl/α,β-unsaturated/α-hetero) is 1. The van der Waals surface area contributed by atoms with E-state index >= 15 is 0 Å². The van der Waals surface area contributed by atoms with Crippen LogP contribution in [0.4, 0.5) is 5.69 Å². The van der Waals surface area contributed by atoms with Gasteiger partial charge in [0.2, 0.25) is 5.91 Å². The van der Waals surface area contributed by atoms with Crippen LogP contribution in [-0.4, -0.2) is 86.5 Å². The predicted molar refractivity (Wildman–Crippen MR) is 126 cm³/mol. The summed E-state index contributed by atoms with van der Waals surface area (Å²) in [5.74, 6) is 0.421. The maximum Gasteiger partial charge on any atom is 0.255 e. The van der Waals surface area contributed by atoms with Crippen molar-refractivity contribution in [1.29, 1.82) is 0 Å². The summed E-state index contributed by atoms with van der Waals surface area (Å²) in [6.45, 7) is 3.31. The molecule has 10 heteroatoms. The van der Waals surface area contributed by atoms with Crippen molar-refractivity contribution in [3.8, 4) is 5.75 Å². The Morgan fingerprint density at radius 1 is 1.21 bits per heavy atom. The molecule has 0 spiro atoms.